The first kappa shape index (κ1) is 16.2. The highest BCUT2D eigenvalue weighted by atomic mass is 16.1. The SMILES string of the molecule is Cc1nc(NCCNC(=O)c2ccccc2)cc(N2CCCC2)n1. The summed E-state index contributed by atoms with van der Waals surface area (Å²) >= 11 is 0. The molecule has 1 saturated heterocycles. The van der Waals surface area contributed by atoms with Crippen molar-refractivity contribution in [1.29, 1.82) is 0 Å². The van der Waals surface area contributed by atoms with E-state index in [0.717, 1.165) is 30.5 Å². The molecule has 24 heavy (non-hydrogen) atoms. The molecule has 1 aliphatic heterocycles. The predicted octanol–water partition coefficient (Wildman–Crippen LogP) is 2.23. The first-order valence-electron chi connectivity index (χ1n) is 8.40. The lowest BCUT2D eigenvalue weighted by Crippen LogP contribution is -2.29. The zero-order chi connectivity index (χ0) is 16.8. The quantitative estimate of drug-likeness (QED) is 0.797. The molecule has 2 heterocycles. The highest BCUT2D eigenvalue weighted by Crippen LogP contribution is 2.20. The summed E-state index contributed by atoms with van der Waals surface area (Å²) in [5.74, 6) is 2.48. The number of carbonyl (C=O) groups excluding carboxylic acids is 1. The molecule has 2 aromatic rings. The van der Waals surface area contributed by atoms with Gasteiger partial charge >= 0.3 is 0 Å². The fourth-order valence-corrected chi connectivity index (χ4v) is 2.81. The average molecular weight is 325 g/mol. The Morgan fingerprint density at radius 1 is 1.12 bits per heavy atom. The summed E-state index contributed by atoms with van der Waals surface area (Å²) in [7, 11) is 0. The van der Waals surface area contributed by atoms with Gasteiger partial charge in [-0.2, -0.15) is 0 Å². The average Bonchev–Trinajstić information content (AvgIpc) is 3.13. The number of aryl methyl sites for hydroxylation is 1. The van der Waals surface area contributed by atoms with Gasteiger partial charge in [0.05, 0.1) is 0 Å². The minimum absolute atomic E-state index is 0.0611. The normalized spacial score (nSPS) is 13.8. The van der Waals surface area contributed by atoms with Crippen LogP contribution in [-0.4, -0.2) is 42.1 Å². The first-order valence-corrected chi connectivity index (χ1v) is 8.40. The number of aromatic nitrogens is 2. The molecule has 0 aliphatic carbocycles. The number of hydrogen-bond donors (Lipinski definition) is 2. The molecular formula is C18H23N5O. The number of rotatable bonds is 6. The summed E-state index contributed by atoms with van der Waals surface area (Å²) in [6.45, 7) is 5.18. The minimum atomic E-state index is -0.0611. The second-order valence-electron chi connectivity index (χ2n) is 5.90. The van der Waals surface area contributed by atoms with Crippen molar-refractivity contribution in [2.45, 2.75) is 19.8 Å². The van der Waals surface area contributed by atoms with Gasteiger partial charge in [0, 0.05) is 37.8 Å². The minimum Gasteiger partial charge on any atom is -0.368 e. The molecule has 0 spiro atoms. The first-order chi connectivity index (χ1) is 11.7. The van der Waals surface area contributed by atoms with Crippen LogP contribution in [0.25, 0.3) is 0 Å². The number of nitrogens with one attached hydrogen (secondary N) is 2. The molecule has 1 aliphatic rings. The zero-order valence-corrected chi connectivity index (χ0v) is 14.0. The Balaban J connectivity index is 1.50. The third-order valence-corrected chi connectivity index (χ3v) is 4.01. The Bertz CT molecular complexity index is 683. The van der Waals surface area contributed by atoms with Crippen LogP contribution in [0.1, 0.15) is 29.0 Å². The van der Waals surface area contributed by atoms with Crippen LogP contribution in [0.3, 0.4) is 0 Å². The lowest BCUT2D eigenvalue weighted by Gasteiger charge is -2.17. The third-order valence-electron chi connectivity index (χ3n) is 4.01. The molecule has 6 heteroatoms. The Kier molecular flexibility index (Phi) is 5.25. The third kappa shape index (κ3) is 4.22. The summed E-state index contributed by atoms with van der Waals surface area (Å²) in [6.07, 6.45) is 2.44. The van der Waals surface area contributed by atoms with E-state index in [4.69, 9.17) is 0 Å². The summed E-state index contributed by atoms with van der Waals surface area (Å²) in [4.78, 5) is 23.2. The van der Waals surface area contributed by atoms with Crippen LogP contribution in [-0.2, 0) is 0 Å². The monoisotopic (exact) mass is 325 g/mol. The molecule has 0 saturated carbocycles. The van der Waals surface area contributed by atoms with Crippen molar-refractivity contribution in [2.24, 2.45) is 0 Å². The number of benzene rings is 1. The number of carbonyl (C=O) groups is 1. The fraction of sp³-hybridized carbons (Fsp3) is 0.389. The van der Waals surface area contributed by atoms with E-state index in [1.165, 1.54) is 12.8 Å². The Labute approximate surface area is 142 Å². The van der Waals surface area contributed by atoms with Crippen LogP contribution in [0, 0.1) is 6.92 Å². The Morgan fingerprint density at radius 3 is 2.62 bits per heavy atom. The largest absolute Gasteiger partial charge is 0.368 e. The van der Waals surface area contributed by atoms with Gasteiger partial charge in [0.25, 0.3) is 5.91 Å². The van der Waals surface area contributed by atoms with Crippen molar-refractivity contribution >= 4 is 17.5 Å². The van der Waals surface area contributed by atoms with Crippen LogP contribution in [0.2, 0.25) is 0 Å². The van der Waals surface area contributed by atoms with Gasteiger partial charge in [-0.15, -0.1) is 0 Å². The lowest BCUT2D eigenvalue weighted by molar-refractivity contribution is 0.0955. The number of hydrogen-bond acceptors (Lipinski definition) is 5. The van der Waals surface area contributed by atoms with E-state index in [-0.39, 0.29) is 5.91 Å². The van der Waals surface area contributed by atoms with E-state index >= 15 is 0 Å². The van der Waals surface area contributed by atoms with E-state index < -0.39 is 0 Å². The van der Waals surface area contributed by atoms with Gasteiger partial charge in [-0.1, -0.05) is 18.2 Å². The molecule has 3 rings (SSSR count). The molecule has 126 valence electrons. The summed E-state index contributed by atoms with van der Waals surface area (Å²) in [5, 5.41) is 6.16. The molecule has 6 nitrogen and oxygen atoms in total. The molecule has 1 amide bonds. The van der Waals surface area contributed by atoms with Crippen molar-refractivity contribution in [3.05, 3.63) is 47.8 Å². The van der Waals surface area contributed by atoms with E-state index in [1.54, 1.807) is 12.1 Å². The highest BCUT2D eigenvalue weighted by Gasteiger charge is 2.14. The van der Waals surface area contributed by atoms with Gasteiger partial charge in [0.15, 0.2) is 0 Å². The topological polar surface area (TPSA) is 70.2 Å². The second-order valence-corrected chi connectivity index (χ2v) is 5.90. The van der Waals surface area contributed by atoms with Crippen LogP contribution < -0.4 is 15.5 Å². The van der Waals surface area contributed by atoms with Gasteiger partial charge in [0.2, 0.25) is 0 Å². The summed E-state index contributed by atoms with van der Waals surface area (Å²) in [5.41, 5.74) is 0.673. The Hall–Kier alpha value is -2.63. The van der Waals surface area contributed by atoms with Gasteiger partial charge in [-0.05, 0) is 31.9 Å². The molecule has 1 aromatic heterocycles. The number of anilines is 2. The Morgan fingerprint density at radius 2 is 1.88 bits per heavy atom. The highest BCUT2D eigenvalue weighted by molar-refractivity contribution is 5.94. The van der Waals surface area contributed by atoms with Crippen molar-refractivity contribution in [1.82, 2.24) is 15.3 Å². The van der Waals surface area contributed by atoms with Crippen molar-refractivity contribution in [3.63, 3.8) is 0 Å². The van der Waals surface area contributed by atoms with Crippen molar-refractivity contribution < 1.29 is 4.79 Å². The van der Waals surface area contributed by atoms with E-state index in [0.29, 0.717) is 18.7 Å². The maximum Gasteiger partial charge on any atom is 0.251 e. The predicted molar refractivity (Wildman–Crippen MR) is 95.5 cm³/mol. The van der Waals surface area contributed by atoms with Crippen LogP contribution in [0.15, 0.2) is 36.4 Å². The van der Waals surface area contributed by atoms with Crippen LogP contribution in [0.4, 0.5) is 11.6 Å². The van der Waals surface area contributed by atoms with Crippen LogP contribution in [0.5, 0.6) is 0 Å². The molecular weight excluding hydrogens is 302 g/mol. The standard InChI is InChI=1S/C18H23N5O/c1-14-21-16(13-17(22-14)23-11-5-6-12-23)19-9-10-20-18(24)15-7-3-2-4-8-15/h2-4,7-8,13H,5-6,9-12H2,1H3,(H,20,24)(H,19,21,22). The maximum absolute atomic E-state index is 12.0. The number of nitrogens with zero attached hydrogens (tertiary/aromatic N) is 3. The van der Waals surface area contributed by atoms with Gasteiger partial charge in [0.1, 0.15) is 17.5 Å². The number of amides is 1. The van der Waals surface area contributed by atoms with Gasteiger partial charge in [-0.25, -0.2) is 9.97 Å². The molecule has 1 fully saturated rings. The zero-order valence-electron chi connectivity index (χ0n) is 14.0. The molecule has 0 unspecified atom stereocenters. The molecule has 2 N–H and O–H groups in total. The molecule has 0 radical (unpaired) electrons. The van der Waals surface area contributed by atoms with E-state index in [9.17, 15) is 4.79 Å². The molecule has 0 bridgehead atoms. The summed E-state index contributed by atoms with van der Waals surface area (Å²) in [6, 6.07) is 11.2. The van der Waals surface area contributed by atoms with Crippen molar-refractivity contribution in [2.75, 3.05) is 36.4 Å². The molecule has 0 atom stereocenters. The summed E-state index contributed by atoms with van der Waals surface area (Å²) < 4.78 is 0. The molecule has 1 aromatic carbocycles. The fourth-order valence-electron chi connectivity index (χ4n) is 2.81. The smallest absolute Gasteiger partial charge is 0.251 e. The second kappa shape index (κ2) is 7.77. The van der Waals surface area contributed by atoms with Crippen molar-refractivity contribution in [3.8, 4) is 0 Å². The lowest BCUT2D eigenvalue weighted by atomic mass is 10.2. The van der Waals surface area contributed by atoms with E-state index in [2.05, 4.69) is 25.5 Å². The van der Waals surface area contributed by atoms with Gasteiger partial charge in [-0.3, -0.25) is 4.79 Å². The van der Waals surface area contributed by atoms with Crippen LogP contribution >= 0.6 is 0 Å². The van der Waals surface area contributed by atoms with E-state index in [1.807, 2.05) is 31.2 Å². The van der Waals surface area contributed by atoms with Gasteiger partial charge < -0.3 is 15.5 Å². The maximum atomic E-state index is 12.0.